The highest BCUT2D eigenvalue weighted by Gasteiger charge is 2.24. The lowest BCUT2D eigenvalue weighted by Gasteiger charge is -2.32. The molecule has 1 fully saturated rings. The fourth-order valence-electron chi connectivity index (χ4n) is 3.24. The monoisotopic (exact) mass is 369 g/mol. The standard InChI is InChI=1S/C21H24N2O4/c1-26-20-13-18(15-24)7-8-19(20)27-16-21(25)23-11-9-22(10-12-23)14-17-5-3-2-4-6-17/h2-8,13,15H,9-12,14,16H2,1H3/p+1. The van der Waals surface area contributed by atoms with Gasteiger partial charge in [0.2, 0.25) is 0 Å². The summed E-state index contributed by atoms with van der Waals surface area (Å²) in [5.74, 6) is 0.879. The van der Waals surface area contributed by atoms with Gasteiger partial charge in [0.15, 0.2) is 18.1 Å². The lowest BCUT2D eigenvalue weighted by atomic mass is 10.2. The molecule has 1 N–H and O–H groups in total. The summed E-state index contributed by atoms with van der Waals surface area (Å²) in [6.07, 6.45) is 0.745. The number of piperazine rings is 1. The third-order valence-electron chi connectivity index (χ3n) is 4.80. The number of carbonyl (C=O) groups excluding carboxylic acids is 2. The van der Waals surface area contributed by atoms with Crippen LogP contribution in [-0.2, 0) is 11.3 Å². The summed E-state index contributed by atoms with van der Waals surface area (Å²) in [5.41, 5.74) is 1.82. The van der Waals surface area contributed by atoms with Crippen molar-refractivity contribution >= 4 is 12.2 Å². The maximum atomic E-state index is 12.5. The van der Waals surface area contributed by atoms with Crippen molar-refractivity contribution in [3.05, 3.63) is 59.7 Å². The second-order valence-electron chi connectivity index (χ2n) is 6.61. The van der Waals surface area contributed by atoms with Crippen LogP contribution in [-0.4, -0.2) is 57.0 Å². The first-order chi connectivity index (χ1) is 13.2. The van der Waals surface area contributed by atoms with Gasteiger partial charge in [-0.15, -0.1) is 0 Å². The molecule has 27 heavy (non-hydrogen) atoms. The van der Waals surface area contributed by atoms with Gasteiger partial charge in [0, 0.05) is 11.1 Å². The molecule has 1 aliphatic rings. The third-order valence-corrected chi connectivity index (χ3v) is 4.80. The first-order valence-corrected chi connectivity index (χ1v) is 9.11. The minimum atomic E-state index is -0.0369. The van der Waals surface area contributed by atoms with Gasteiger partial charge in [-0.3, -0.25) is 9.59 Å². The molecule has 6 heteroatoms. The average molecular weight is 369 g/mol. The van der Waals surface area contributed by atoms with Crippen LogP contribution in [0.2, 0.25) is 0 Å². The van der Waals surface area contributed by atoms with Crippen molar-refractivity contribution in [2.24, 2.45) is 0 Å². The van der Waals surface area contributed by atoms with Gasteiger partial charge < -0.3 is 19.3 Å². The van der Waals surface area contributed by atoms with Gasteiger partial charge in [-0.25, -0.2) is 0 Å². The molecule has 2 aromatic carbocycles. The topological polar surface area (TPSA) is 60.3 Å². The number of quaternary nitrogens is 1. The van der Waals surface area contributed by atoms with Crippen molar-refractivity contribution in [2.75, 3.05) is 39.9 Å². The Bertz CT molecular complexity index is 771. The van der Waals surface area contributed by atoms with Crippen molar-refractivity contribution in [3.8, 4) is 11.5 Å². The van der Waals surface area contributed by atoms with Crippen LogP contribution in [0, 0.1) is 0 Å². The Morgan fingerprint density at radius 3 is 2.52 bits per heavy atom. The number of carbonyl (C=O) groups is 2. The van der Waals surface area contributed by atoms with Crippen LogP contribution in [0.5, 0.6) is 11.5 Å². The second-order valence-corrected chi connectivity index (χ2v) is 6.61. The number of nitrogens with zero attached hydrogens (tertiary/aromatic N) is 1. The number of aldehydes is 1. The van der Waals surface area contributed by atoms with Gasteiger partial charge in [-0.1, -0.05) is 30.3 Å². The molecule has 1 aliphatic heterocycles. The molecular formula is C21H25N2O4+. The molecule has 0 aliphatic carbocycles. The molecule has 142 valence electrons. The van der Waals surface area contributed by atoms with Crippen LogP contribution < -0.4 is 14.4 Å². The largest absolute Gasteiger partial charge is 0.493 e. The zero-order valence-electron chi connectivity index (χ0n) is 15.5. The van der Waals surface area contributed by atoms with E-state index in [-0.39, 0.29) is 12.5 Å². The van der Waals surface area contributed by atoms with Crippen LogP contribution >= 0.6 is 0 Å². The van der Waals surface area contributed by atoms with E-state index in [0.717, 1.165) is 39.0 Å². The van der Waals surface area contributed by atoms with Crippen LogP contribution in [0.25, 0.3) is 0 Å². The molecule has 0 aromatic heterocycles. The van der Waals surface area contributed by atoms with E-state index in [2.05, 4.69) is 24.3 Å². The molecule has 0 radical (unpaired) electrons. The molecular weight excluding hydrogens is 344 g/mol. The molecule has 0 saturated carbocycles. The minimum Gasteiger partial charge on any atom is -0.493 e. The van der Waals surface area contributed by atoms with E-state index in [1.54, 1.807) is 18.2 Å². The van der Waals surface area contributed by atoms with Crippen molar-refractivity contribution in [1.82, 2.24) is 4.90 Å². The number of methoxy groups -OCH3 is 1. The fourth-order valence-corrected chi connectivity index (χ4v) is 3.24. The molecule has 0 unspecified atom stereocenters. The summed E-state index contributed by atoms with van der Waals surface area (Å²) in [5, 5.41) is 0. The molecule has 1 heterocycles. The van der Waals surface area contributed by atoms with Crippen LogP contribution in [0.3, 0.4) is 0 Å². The Hall–Kier alpha value is -2.86. The minimum absolute atomic E-state index is 0.0321. The summed E-state index contributed by atoms with van der Waals surface area (Å²) in [7, 11) is 1.51. The number of benzene rings is 2. The van der Waals surface area contributed by atoms with E-state index in [1.807, 2.05) is 11.0 Å². The molecule has 0 atom stereocenters. The summed E-state index contributed by atoms with van der Waals surface area (Å²) in [6, 6.07) is 15.3. The Labute approximate surface area is 159 Å². The number of hydrogen-bond donors (Lipinski definition) is 1. The van der Waals surface area contributed by atoms with Gasteiger partial charge in [-0.05, 0) is 18.2 Å². The highest BCUT2D eigenvalue weighted by molar-refractivity contribution is 5.78. The highest BCUT2D eigenvalue weighted by atomic mass is 16.5. The van der Waals surface area contributed by atoms with Gasteiger partial charge in [-0.2, -0.15) is 0 Å². The number of ether oxygens (including phenoxy) is 2. The van der Waals surface area contributed by atoms with Crippen molar-refractivity contribution in [1.29, 1.82) is 0 Å². The molecule has 3 rings (SSSR count). The lowest BCUT2D eigenvalue weighted by Crippen LogP contribution is -3.13. The number of amides is 1. The predicted octanol–water partition coefficient (Wildman–Crippen LogP) is 0.814. The van der Waals surface area contributed by atoms with Gasteiger partial charge >= 0.3 is 0 Å². The average Bonchev–Trinajstić information content (AvgIpc) is 2.73. The van der Waals surface area contributed by atoms with Crippen LogP contribution in [0.15, 0.2) is 48.5 Å². The Kier molecular flexibility index (Phi) is 6.44. The zero-order valence-corrected chi connectivity index (χ0v) is 15.5. The quantitative estimate of drug-likeness (QED) is 0.734. The Morgan fingerprint density at radius 1 is 1.11 bits per heavy atom. The highest BCUT2D eigenvalue weighted by Crippen LogP contribution is 2.27. The van der Waals surface area contributed by atoms with E-state index in [1.165, 1.54) is 17.6 Å². The van der Waals surface area contributed by atoms with E-state index in [9.17, 15) is 9.59 Å². The molecule has 1 amide bonds. The second kappa shape index (κ2) is 9.19. The Morgan fingerprint density at radius 2 is 1.85 bits per heavy atom. The van der Waals surface area contributed by atoms with E-state index in [0.29, 0.717) is 17.1 Å². The molecule has 6 nitrogen and oxygen atoms in total. The lowest BCUT2D eigenvalue weighted by molar-refractivity contribution is -0.917. The molecule has 2 aromatic rings. The SMILES string of the molecule is COc1cc(C=O)ccc1OCC(=O)N1CC[NH+](Cc2ccccc2)CC1. The predicted molar refractivity (Wildman–Crippen MR) is 101 cm³/mol. The summed E-state index contributed by atoms with van der Waals surface area (Å²) < 4.78 is 10.9. The number of nitrogens with one attached hydrogen (secondary N) is 1. The van der Waals surface area contributed by atoms with Gasteiger partial charge in [0.25, 0.3) is 5.91 Å². The van der Waals surface area contributed by atoms with Crippen molar-refractivity contribution in [2.45, 2.75) is 6.54 Å². The maximum Gasteiger partial charge on any atom is 0.260 e. The number of rotatable bonds is 7. The fraction of sp³-hybridized carbons (Fsp3) is 0.333. The van der Waals surface area contributed by atoms with Gasteiger partial charge in [0.05, 0.1) is 33.3 Å². The van der Waals surface area contributed by atoms with Crippen LogP contribution in [0.1, 0.15) is 15.9 Å². The Balaban J connectivity index is 1.48. The molecule has 0 spiro atoms. The first kappa shape index (κ1) is 18.9. The van der Waals surface area contributed by atoms with E-state index < -0.39 is 0 Å². The first-order valence-electron chi connectivity index (χ1n) is 9.11. The zero-order chi connectivity index (χ0) is 19.1. The number of hydrogen-bond acceptors (Lipinski definition) is 4. The summed E-state index contributed by atoms with van der Waals surface area (Å²) in [4.78, 5) is 26.6. The van der Waals surface area contributed by atoms with Crippen molar-refractivity contribution < 1.29 is 24.0 Å². The summed E-state index contributed by atoms with van der Waals surface area (Å²) >= 11 is 0. The summed E-state index contributed by atoms with van der Waals surface area (Å²) in [6.45, 7) is 4.26. The van der Waals surface area contributed by atoms with E-state index >= 15 is 0 Å². The maximum absolute atomic E-state index is 12.5. The van der Waals surface area contributed by atoms with E-state index in [4.69, 9.17) is 9.47 Å². The van der Waals surface area contributed by atoms with Crippen LogP contribution in [0.4, 0.5) is 0 Å². The smallest absolute Gasteiger partial charge is 0.260 e. The van der Waals surface area contributed by atoms with Gasteiger partial charge in [0.1, 0.15) is 12.8 Å². The molecule has 0 bridgehead atoms. The normalized spacial score (nSPS) is 14.6. The third kappa shape index (κ3) is 5.08. The van der Waals surface area contributed by atoms with Crippen molar-refractivity contribution in [3.63, 3.8) is 0 Å². The molecule has 1 saturated heterocycles.